The highest BCUT2D eigenvalue weighted by Gasteiger charge is 2.28. The Balaban J connectivity index is 1.40. The molecule has 1 aliphatic carbocycles. The van der Waals surface area contributed by atoms with Crippen molar-refractivity contribution in [2.75, 3.05) is 0 Å². The Bertz CT molecular complexity index is 1110. The molecular weight excluding hydrogens is 388 g/mol. The van der Waals surface area contributed by atoms with E-state index in [9.17, 15) is 13.2 Å². The van der Waals surface area contributed by atoms with Crippen LogP contribution in [0.1, 0.15) is 34.3 Å². The molecule has 7 nitrogen and oxygen atoms in total. The van der Waals surface area contributed by atoms with E-state index in [1.165, 1.54) is 12.1 Å². The number of nitrogens with one attached hydrogen (secondary N) is 2. The number of carbonyl (C=O) groups excluding carboxylic acids is 1. The summed E-state index contributed by atoms with van der Waals surface area (Å²) < 4.78 is 29.3. The monoisotopic (exact) mass is 410 g/mol. The van der Waals surface area contributed by atoms with Gasteiger partial charge in [-0.15, -0.1) is 0 Å². The molecule has 2 N–H and O–H groups in total. The number of nitrogens with zero attached hydrogens (tertiary/aromatic N) is 2. The van der Waals surface area contributed by atoms with E-state index >= 15 is 0 Å². The van der Waals surface area contributed by atoms with Crippen LogP contribution in [0, 0.1) is 0 Å². The van der Waals surface area contributed by atoms with Crippen LogP contribution in [0.25, 0.3) is 0 Å². The fraction of sp³-hybridized carbons (Fsp3) is 0.238. The summed E-state index contributed by atoms with van der Waals surface area (Å²) >= 11 is 0. The second-order valence-corrected chi connectivity index (χ2v) is 8.88. The maximum atomic E-state index is 12.5. The highest BCUT2D eigenvalue weighted by molar-refractivity contribution is 7.89. The van der Waals surface area contributed by atoms with Crippen molar-refractivity contribution in [2.24, 2.45) is 0 Å². The molecule has 1 fully saturated rings. The van der Waals surface area contributed by atoms with E-state index in [-0.39, 0.29) is 16.8 Å². The van der Waals surface area contributed by atoms with Gasteiger partial charge in [0, 0.05) is 37.1 Å². The largest absolute Gasteiger partial charge is 0.348 e. The molecule has 1 amide bonds. The molecule has 0 bridgehead atoms. The van der Waals surface area contributed by atoms with Gasteiger partial charge in [-0.1, -0.05) is 30.3 Å². The Morgan fingerprint density at radius 3 is 2.66 bits per heavy atom. The third-order valence-corrected chi connectivity index (χ3v) is 6.19. The number of aromatic nitrogens is 2. The van der Waals surface area contributed by atoms with Crippen molar-refractivity contribution in [3.05, 3.63) is 83.9 Å². The Morgan fingerprint density at radius 2 is 1.90 bits per heavy atom. The van der Waals surface area contributed by atoms with Crippen LogP contribution >= 0.6 is 0 Å². The van der Waals surface area contributed by atoms with E-state index in [4.69, 9.17) is 0 Å². The topological polar surface area (TPSA) is 93.1 Å². The molecular formula is C21H22N4O3S. The minimum Gasteiger partial charge on any atom is -0.348 e. The summed E-state index contributed by atoms with van der Waals surface area (Å²) in [5.74, 6) is -0.312. The van der Waals surface area contributed by atoms with Gasteiger partial charge in [0.15, 0.2) is 0 Å². The number of benzene rings is 2. The second-order valence-electron chi connectivity index (χ2n) is 7.16. The van der Waals surface area contributed by atoms with E-state index in [1.54, 1.807) is 24.7 Å². The van der Waals surface area contributed by atoms with Crippen LogP contribution in [-0.4, -0.2) is 29.9 Å². The molecule has 29 heavy (non-hydrogen) atoms. The van der Waals surface area contributed by atoms with Crippen LogP contribution in [-0.2, 0) is 23.1 Å². The highest BCUT2D eigenvalue weighted by Crippen LogP contribution is 2.22. The third-order valence-electron chi connectivity index (χ3n) is 4.67. The van der Waals surface area contributed by atoms with Gasteiger partial charge < -0.3 is 9.88 Å². The third kappa shape index (κ3) is 5.10. The van der Waals surface area contributed by atoms with Crippen LogP contribution < -0.4 is 10.0 Å². The fourth-order valence-electron chi connectivity index (χ4n) is 3.01. The maximum absolute atomic E-state index is 12.5. The quantitative estimate of drug-likeness (QED) is 0.596. The summed E-state index contributed by atoms with van der Waals surface area (Å²) in [5, 5.41) is 2.86. The number of imidazole rings is 1. The lowest BCUT2D eigenvalue weighted by atomic mass is 10.1. The molecule has 0 spiro atoms. The molecule has 1 heterocycles. The van der Waals surface area contributed by atoms with Crippen molar-refractivity contribution in [2.45, 2.75) is 36.9 Å². The Hall–Kier alpha value is -2.97. The van der Waals surface area contributed by atoms with E-state index in [0.29, 0.717) is 18.7 Å². The van der Waals surface area contributed by atoms with Gasteiger partial charge in [0.2, 0.25) is 10.0 Å². The van der Waals surface area contributed by atoms with Crippen LogP contribution in [0.5, 0.6) is 0 Å². The smallest absolute Gasteiger partial charge is 0.251 e. The molecule has 150 valence electrons. The summed E-state index contributed by atoms with van der Waals surface area (Å²) in [6, 6.07) is 14.1. The van der Waals surface area contributed by atoms with Crippen molar-refractivity contribution >= 4 is 15.9 Å². The molecule has 1 saturated carbocycles. The number of hydrogen-bond donors (Lipinski definition) is 2. The summed E-state index contributed by atoms with van der Waals surface area (Å²) in [7, 11) is -3.59. The van der Waals surface area contributed by atoms with Crippen molar-refractivity contribution in [3.8, 4) is 0 Å². The van der Waals surface area contributed by atoms with Gasteiger partial charge in [-0.2, -0.15) is 0 Å². The molecule has 0 atom stereocenters. The Labute approximate surface area is 169 Å². The maximum Gasteiger partial charge on any atom is 0.251 e. The standard InChI is InChI=1S/C21H22N4O3S/c26-21(18-5-2-6-20(12-18)29(27,28)24-19-7-8-19)23-13-16-3-1-4-17(11-16)14-25-10-9-22-15-25/h1-6,9-12,15,19,24H,7-8,13-14H2,(H,23,26). The zero-order chi connectivity index (χ0) is 20.3. The van der Waals surface area contributed by atoms with Gasteiger partial charge in [-0.3, -0.25) is 4.79 Å². The first kappa shape index (κ1) is 19.4. The van der Waals surface area contributed by atoms with Crippen molar-refractivity contribution in [1.29, 1.82) is 0 Å². The summed E-state index contributed by atoms with van der Waals surface area (Å²) in [4.78, 5) is 16.7. The molecule has 3 aromatic rings. The summed E-state index contributed by atoms with van der Waals surface area (Å²) in [5.41, 5.74) is 2.39. The SMILES string of the molecule is O=C(NCc1cccc(Cn2ccnc2)c1)c1cccc(S(=O)(=O)NC2CC2)c1. The summed E-state index contributed by atoms with van der Waals surface area (Å²) in [6.45, 7) is 1.06. The highest BCUT2D eigenvalue weighted by atomic mass is 32.2. The van der Waals surface area contributed by atoms with E-state index in [1.807, 2.05) is 35.0 Å². The summed E-state index contributed by atoms with van der Waals surface area (Å²) in [6.07, 6.45) is 7.11. The predicted octanol–water partition coefficient (Wildman–Crippen LogP) is 2.30. The van der Waals surface area contributed by atoms with Gasteiger partial charge >= 0.3 is 0 Å². The normalized spacial score (nSPS) is 13.9. The van der Waals surface area contributed by atoms with Gasteiger partial charge in [-0.05, 0) is 42.2 Å². The van der Waals surface area contributed by atoms with Crippen molar-refractivity contribution < 1.29 is 13.2 Å². The van der Waals surface area contributed by atoms with E-state index in [2.05, 4.69) is 15.0 Å². The van der Waals surface area contributed by atoms with Crippen LogP contribution in [0.2, 0.25) is 0 Å². The molecule has 2 aromatic carbocycles. The lowest BCUT2D eigenvalue weighted by Crippen LogP contribution is -2.27. The number of carbonyl (C=O) groups is 1. The second kappa shape index (κ2) is 8.18. The van der Waals surface area contributed by atoms with Crippen LogP contribution in [0.3, 0.4) is 0 Å². The average molecular weight is 410 g/mol. The van der Waals surface area contributed by atoms with Gasteiger partial charge in [0.05, 0.1) is 11.2 Å². The lowest BCUT2D eigenvalue weighted by Gasteiger charge is -2.10. The number of amides is 1. The number of rotatable bonds is 8. The zero-order valence-electron chi connectivity index (χ0n) is 15.8. The average Bonchev–Trinajstić information content (AvgIpc) is 3.37. The van der Waals surface area contributed by atoms with Gasteiger partial charge in [-0.25, -0.2) is 18.1 Å². The zero-order valence-corrected chi connectivity index (χ0v) is 16.6. The molecule has 0 radical (unpaired) electrons. The Kier molecular flexibility index (Phi) is 5.46. The fourth-order valence-corrected chi connectivity index (χ4v) is 4.36. The number of sulfonamides is 1. The van der Waals surface area contributed by atoms with E-state index in [0.717, 1.165) is 24.0 Å². The molecule has 0 aliphatic heterocycles. The first-order valence-corrected chi connectivity index (χ1v) is 10.9. The van der Waals surface area contributed by atoms with Crippen molar-refractivity contribution in [1.82, 2.24) is 19.6 Å². The van der Waals surface area contributed by atoms with Crippen LogP contribution in [0.4, 0.5) is 0 Å². The minimum atomic E-state index is -3.59. The molecule has 1 aliphatic rings. The molecule has 0 unspecified atom stereocenters. The van der Waals surface area contributed by atoms with E-state index < -0.39 is 10.0 Å². The molecule has 1 aromatic heterocycles. The van der Waals surface area contributed by atoms with Gasteiger partial charge in [0.25, 0.3) is 5.91 Å². The number of hydrogen-bond acceptors (Lipinski definition) is 4. The first-order valence-electron chi connectivity index (χ1n) is 9.44. The predicted molar refractivity (Wildman–Crippen MR) is 109 cm³/mol. The minimum absolute atomic E-state index is 0.0204. The molecule has 8 heteroatoms. The van der Waals surface area contributed by atoms with Crippen LogP contribution in [0.15, 0.2) is 72.1 Å². The lowest BCUT2D eigenvalue weighted by molar-refractivity contribution is 0.0950. The Morgan fingerprint density at radius 1 is 1.10 bits per heavy atom. The molecule has 0 saturated heterocycles. The van der Waals surface area contributed by atoms with Crippen molar-refractivity contribution in [3.63, 3.8) is 0 Å². The molecule has 4 rings (SSSR count). The van der Waals surface area contributed by atoms with Gasteiger partial charge in [0.1, 0.15) is 0 Å². The first-order chi connectivity index (χ1) is 14.0.